The van der Waals surface area contributed by atoms with Gasteiger partial charge in [-0.05, 0) is 44.6 Å². The Hall–Kier alpha value is -2.40. The lowest BCUT2D eigenvalue weighted by Gasteiger charge is -2.20. The molecule has 0 aliphatic rings. The number of hydrogen-bond donors (Lipinski definition) is 3. The summed E-state index contributed by atoms with van der Waals surface area (Å²) in [5.41, 5.74) is 0. The fraction of sp³-hybridized carbons (Fsp3) is 0.750. The third kappa shape index (κ3) is 38.5. The minimum absolute atomic E-state index is 0.0471. The van der Waals surface area contributed by atoms with Gasteiger partial charge in [-0.25, -0.2) is 4.57 Å². The Labute approximate surface area is 339 Å². The molecular weight excluding hydrogens is 735 g/mol. The van der Waals surface area contributed by atoms with Gasteiger partial charge in [0.15, 0.2) is 11.9 Å². The summed E-state index contributed by atoms with van der Waals surface area (Å²) in [6, 6.07) is 0. The highest BCUT2D eigenvalue weighted by atomic mass is 31.2. The molecule has 0 bridgehead atoms. The predicted molar refractivity (Wildman–Crippen MR) is 224 cm³/mol. The molecule has 0 amide bonds. The second kappa shape index (κ2) is 39.4. The molecule has 0 heterocycles. The predicted octanol–water partition coefficient (Wildman–Crippen LogP) is 10.5. The molecule has 0 saturated heterocycles. The zero-order chi connectivity index (χ0) is 41.4. The number of phosphoric acid groups is 1. The number of unbranched alkanes of at least 4 members (excludes halogenated alkanes) is 17. The van der Waals surface area contributed by atoms with E-state index in [0.29, 0.717) is 6.42 Å². The van der Waals surface area contributed by atoms with Gasteiger partial charge in [-0.3, -0.25) is 23.4 Å². The van der Waals surface area contributed by atoms with Crippen LogP contribution in [-0.4, -0.2) is 71.5 Å². The number of carbonyl (C=O) groups is 3. The molecule has 0 aromatic heterocycles. The molecule has 0 radical (unpaired) electrons. The Kier molecular flexibility index (Phi) is 37.7. The molecule has 0 aromatic rings. The lowest BCUT2D eigenvalue weighted by Crippen LogP contribution is -2.29. The third-order valence-corrected chi connectivity index (χ3v) is 9.91. The highest BCUT2D eigenvalue weighted by molar-refractivity contribution is 7.47. The second-order valence-electron chi connectivity index (χ2n) is 14.4. The first-order valence-corrected chi connectivity index (χ1v) is 23.0. The molecular formula is C44H77O11P. The smallest absolute Gasteiger partial charge is 0.462 e. The van der Waals surface area contributed by atoms with Crippen LogP contribution in [0.1, 0.15) is 174 Å². The maximum absolute atomic E-state index is 12.6. The molecule has 0 aliphatic heterocycles. The van der Waals surface area contributed by atoms with Gasteiger partial charge in [-0.15, -0.1) is 0 Å². The van der Waals surface area contributed by atoms with Crippen LogP contribution in [0.25, 0.3) is 0 Å². The van der Waals surface area contributed by atoms with Crippen molar-refractivity contribution in [1.29, 1.82) is 0 Å². The van der Waals surface area contributed by atoms with E-state index in [1.165, 1.54) is 96.0 Å². The summed E-state index contributed by atoms with van der Waals surface area (Å²) in [6.07, 6.45) is 37.9. The van der Waals surface area contributed by atoms with Gasteiger partial charge < -0.3 is 24.6 Å². The Balaban J connectivity index is 4.49. The van der Waals surface area contributed by atoms with Gasteiger partial charge in [-0.2, -0.15) is 0 Å². The Morgan fingerprint density at radius 1 is 0.589 bits per heavy atom. The number of aliphatic hydroxyl groups excluding tert-OH is 2. The number of carbonyl (C=O) groups excluding carboxylic acids is 3. The van der Waals surface area contributed by atoms with Gasteiger partial charge in [0.05, 0.1) is 19.8 Å². The number of aliphatic hydroxyl groups is 2. The Morgan fingerprint density at radius 2 is 1.11 bits per heavy atom. The standard InChI is InChI=1S/C44H77O11P/c1-3-5-7-9-11-13-15-17-18-20-22-24-26-28-30-34-44(49)55-42(39-54-56(50,51)53-37-41(47)36-45)38-52-43(48)35-31-33-40(46)32-29-27-25-23-21-19-16-14-12-10-8-6-4-2/h12,14,19,21,25,27,29,32,41-42,45,47H,3-11,13,15-18,20,22-24,26,28,30-31,33-39H2,1-2H3,(H,50,51)/b14-12-,21-19-,27-25-,32-29+/t41-,42+/m0/s1. The number of ether oxygens (including phenoxy) is 2. The quantitative estimate of drug-likeness (QED) is 0.0135. The third-order valence-electron chi connectivity index (χ3n) is 8.96. The van der Waals surface area contributed by atoms with E-state index < -0.39 is 58.4 Å². The summed E-state index contributed by atoms with van der Waals surface area (Å²) in [5, 5.41) is 18.3. The van der Waals surface area contributed by atoms with Crippen LogP contribution in [0.15, 0.2) is 48.6 Å². The zero-order valence-electron chi connectivity index (χ0n) is 34.8. The molecule has 0 spiro atoms. The molecule has 0 fully saturated rings. The molecule has 56 heavy (non-hydrogen) atoms. The van der Waals surface area contributed by atoms with Crippen LogP contribution in [0.4, 0.5) is 0 Å². The van der Waals surface area contributed by atoms with Gasteiger partial charge in [-0.1, -0.05) is 159 Å². The van der Waals surface area contributed by atoms with Crippen LogP contribution < -0.4 is 0 Å². The summed E-state index contributed by atoms with van der Waals surface area (Å²) in [6.45, 7) is 2.08. The van der Waals surface area contributed by atoms with Crippen molar-refractivity contribution in [2.75, 3.05) is 26.4 Å². The van der Waals surface area contributed by atoms with Gasteiger partial charge in [0, 0.05) is 19.3 Å². The number of hydrogen-bond acceptors (Lipinski definition) is 10. The maximum Gasteiger partial charge on any atom is 0.472 e. The van der Waals surface area contributed by atoms with Crippen LogP contribution in [-0.2, 0) is 37.5 Å². The van der Waals surface area contributed by atoms with E-state index >= 15 is 0 Å². The van der Waals surface area contributed by atoms with Crippen molar-refractivity contribution in [3.05, 3.63) is 48.6 Å². The molecule has 12 heteroatoms. The minimum atomic E-state index is -4.67. The van der Waals surface area contributed by atoms with Gasteiger partial charge >= 0.3 is 19.8 Å². The summed E-state index contributed by atoms with van der Waals surface area (Å²) in [5.74, 6) is -1.31. The van der Waals surface area contributed by atoms with Crippen molar-refractivity contribution in [3.63, 3.8) is 0 Å². The van der Waals surface area contributed by atoms with Gasteiger partial charge in [0.25, 0.3) is 0 Å². The largest absolute Gasteiger partial charge is 0.472 e. The first-order chi connectivity index (χ1) is 27.1. The molecule has 0 aromatic carbocycles. The van der Waals surface area contributed by atoms with Crippen molar-refractivity contribution >= 4 is 25.5 Å². The maximum atomic E-state index is 12.6. The summed E-state index contributed by atoms with van der Waals surface area (Å²) >= 11 is 0. The molecule has 0 rings (SSSR count). The molecule has 324 valence electrons. The number of ketones is 1. The van der Waals surface area contributed by atoms with Crippen LogP contribution in [0.5, 0.6) is 0 Å². The monoisotopic (exact) mass is 813 g/mol. The summed E-state index contributed by atoms with van der Waals surface area (Å²) in [4.78, 5) is 47.1. The number of phosphoric ester groups is 1. The molecule has 11 nitrogen and oxygen atoms in total. The van der Waals surface area contributed by atoms with E-state index in [4.69, 9.17) is 19.1 Å². The summed E-state index contributed by atoms with van der Waals surface area (Å²) in [7, 11) is -4.67. The average Bonchev–Trinajstić information content (AvgIpc) is 3.18. The van der Waals surface area contributed by atoms with E-state index in [2.05, 4.69) is 42.7 Å². The molecule has 0 aliphatic carbocycles. The van der Waals surface area contributed by atoms with Crippen LogP contribution in [0.3, 0.4) is 0 Å². The fourth-order valence-electron chi connectivity index (χ4n) is 5.59. The van der Waals surface area contributed by atoms with Crippen molar-refractivity contribution in [2.45, 2.75) is 187 Å². The van der Waals surface area contributed by atoms with Crippen molar-refractivity contribution < 1.29 is 52.6 Å². The van der Waals surface area contributed by atoms with Gasteiger partial charge in [0.1, 0.15) is 12.7 Å². The molecule has 0 saturated carbocycles. The summed E-state index contributed by atoms with van der Waals surface area (Å²) < 4.78 is 32.5. The van der Waals surface area contributed by atoms with Crippen molar-refractivity contribution in [1.82, 2.24) is 0 Å². The second-order valence-corrected chi connectivity index (χ2v) is 15.9. The van der Waals surface area contributed by atoms with E-state index in [0.717, 1.165) is 38.5 Å². The normalized spacial score (nSPS) is 14.2. The fourth-order valence-corrected chi connectivity index (χ4v) is 6.38. The SMILES string of the molecule is CCCCC/C=C\C/C=C\C/C=C\C=C\C(=O)CCCC(=O)OC[C@H](COP(=O)(O)OC[C@@H](O)CO)OC(=O)CCCCCCCCCCCCCCCCC. The minimum Gasteiger partial charge on any atom is -0.462 e. The van der Waals surface area contributed by atoms with Crippen molar-refractivity contribution in [2.24, 2.45) is 0 Å². The van der Waals surface area contributed by atoms with Crippen LogP contribution in [0.2, 0.25) is 0 Å². The first kappa shape index (κ1) is 53.6. The highest BCUT2D eigenvalue weighted by Crippen LogP contribution is 2.43. The van der Waals surface area contributed by atoms with Gasteiger partial charge in [0.2, 0.25) is 0 Å². The first-order valence-electron chi connectivity index (χ1n) is 21.5. The number of allylic oxidation sites excluding steroid dienone is 8. The number of rotatable bonds is 40. The van der Waals surface area contributed by atoms with Crippen molar-refractivity contribution in [3.8, 4) is 0 Å². The zero-order valence-corrected chi connectivity index (χ0v) is 35.7. The van der Waals surface area contributed by atoms with Crippen LogP contribution in [0, 0.1) is 0 Å². The number of esters is 2. The topological polar surface area (TPSA) is 166 Å². The Bertz CT molecular complexity index is 1130. The highest BCUT2D eigenvalue weighted by Gasteiger charge is 2.27. The Morgan fingerprint density at radius 3 is 1.71 bits per heavy atom. The van der Waals surface area contributed by atoms with E-state index in [1.54, 1.807) is 6.08 Å². The molecule has 3 atom stereocenters. The lowest BCUT2D eigenvalue weighted by atomic mass is 10.0. The van der Waals surface area contributed by atoms with E-state index in [-0.39, 0.29) is 31.5 Å². The molecule has 3 N–H and O–H groups in total. The van der Waals surface area contributed by atoms with Crippen LogP contribution >= 0.6 is 7.82 Å². The van der Waals surface area contributed by atoms with E-state index in [1.807, 2.05) is 12.2 Å². The molecule has 1 unspecified atom stereocenters. The average molecular weight is 813 g/mol. The lowest BCUT2D eigenvalue weighted by molar-refractivity contribution is -0.161. The van der Waals surface area contributed by atoms with E-state index in [9.17, 15) is 28.9 Å².